The van der Waals surface area contributed by atoms with E-state index in [0.29, 0.717) is 27.5 Å². The Kier molecular flexibility index (Phi) is 4.62. The third kappa shape index (κ3) is 3.73. The summed E-state index contributed by atoms with van der Waals surface area (Å²) in [6, 6.07) is 12.3. The number of carbonyl (C=O) groups is 1. The van der Waals surface area contributed by atoms with Crippen molar-refractivity contribution < 1.29 is 27.8 Å². The molecule has 1 N–H and O–H groups in total. The van der Waals surface area contributed by atoms with Crippen molar-refractivity contribution in [3.05, 3.63) is 64.8 Å². The van der Waals surface area contributed by atoms with Crippen molar-refractivity contribution >= 4 is 17.7 Å². The van der Waals surface area contributed by atoms with E-state index in [0.717, 1.165) is 0 Å². The Morgan fingerprint density at radius 1 is 1.10 bits per heavy atom. The Balaban J connectivity index is 1.89. The van der Waals surface area contributed by atoms with Crippen molar-refractivity contribution in [1.82, 2.24) is 14.7 Å². The van der Waals surface area contributed by atoms with E-state index in [2.05, 4.69) is 9.84 Å². The molecule has 0 radical (unpaired) electrons. The highest BCUT2D eigenvalue weighted by atomic mass is 35.5. The molecule has 150 valence electrons. The first kappa shape index (κ1) is 19.1. The number of hydrogen-bond acceptors (Lipinski definition) is 3. The number of fused-ring (bicyclic) bond motifs is 1. The quantitative estimate of drug-likeness (QED) is 0.637. The van der Waals surface area contributed by atoms with Gasteiger partial charge in [-0.25, -0.2) is 9.48 Å². The van der Waals surface area contributed by atoms with Crippen molar-refractivity contribution in [3.63, 3.8) is 0 Å². The molecule has 29 heavy (non-hydrogen) atoms. The molecule has 0 atom stereocenters. The van der Waals surface area contributed by atoms with Gasteiger partial charge in [-0.2, -0.15) is 5.10 Å². The van der Waals surface area contributed by atoms with Crippen LogP contribution < -0.4 is 4.74 Å². The number of halogens is 4. The summed E-state index contributed by atoms with van der Waals surface area (Å²) in [5.41, 5.74) is 2.30. The van der Waals surface area contributed by atoms with Crippen molar-refractivity contribution in [2.75, 3.05) is 0 Å². The van der Waals surface area contributed by atoms with Crippen LogP contribution in [-0.2, 0) is 13.1 Å². The van der Waals surface area contributed by atoms with Crippen LogP contribution in [0.5, 0.6) is 5.75 Å². The van der Waals surface area contributed by atoms with Gasteiger partial charge in [0.15, 0.2) is 5.75 Å². The summed E-state index contributed by atoms with van der Waals surface area (Å²) in [6.07, 6.45) is -5.97. The average Bonchev–Trinajstić information content (AvgIpc) is 3.20. The second kappa shape index (κ2) is 7.00. The standard InChI is InChI=1S/C19H13ClF3N3O3/c20-12-7-5-11(6-8-12)17-13-9-25(18(27)28)10-14(13)24-26(17)15-3-1-2-4-16(15)29-19(21,22)23/h1-8H,9-10H2,(H,27,28). The van der Waals surface area contributed by atoms with Gasteiger partial charge in [0, 0.05) is 16.1 Å². The van der Waals surface area contributed by atoms with Gasteiger partial charge in [0.25, 0.3) is 0 Å². The van der Waals surface area contributed by atoms with Gasteiger partial charge in [0.2, 0.25) is 0 Å². The maximum atomic E-state index is 12.9. The Hall–Kier alpha value is -3.20. The molecule has 2 heterocycles. The molecular formula is C19H13ClF3N3O3. The molecule has 1 aromatic heterocycles. The summed E-state index contributed by atoms with van der Waals surface area (Å²) in [5, 5.41) is 14.2. The SMILES string of the molecule is O=C(O)N1Cc2nn(-c3ccccc3OC(F)(F)F)c(-c3ccc(Cl)cc3)c2C1. The Morgan fingerprint density at radius 2 is 1.79 bits per heavy atom. The Morgan fingerprint density at radius 3 is 2.45 bits per heavy atom. The van der Waals surface area contributed by atoms with Gasteiger partial charge in [0.1, 0.15) is 5.69 Å². The van der Waals surface area contributed by atoms with Crippen LogP contribution in [0.15, 0.2) is 48.5 Å². The van der Waals surface area contributed by atoms with Crippen LogP contribution in [0.3, 0.4) is 0 Å². The molecule has 0 aliphatic carbocycles. The second-order valence-electron chi connectivity index (χ2n) is 6.35. The van der Waals surface area contributed by atoms with Crippen molar-refractivity contribution in [3.8, 4) is 22.7 Å². The smallest absolute Gasteiger partial charge is 0.465 e. The predicted octanol–water partition coefficient (Wildman–Crippen LogP) is 5.08. The highest BCUT2D eigenvalue weighted by Gasteiger charge is 2.35. The van der Waals surface area contributed by atoms with Crippen LogP contribution in [0.2, 0.25) is 5.02 Å². The molecule has 3 aromatic rings. The van der Waals surface area contributed by atoms with E-state index in [1.165, 1.54) is 27.8 Å². The molecule has 10 heteroatoms. The van der Waals surface area contributed by atoms with E-state index >= 15 is 0 Å². The third-order valence-corrected chi connectivity index (χ3v) is 4.72. The third-order valence-electron chi connectivity index (χ3n) is 4.46. The topological polar surface area (TPSA) is 67.6 Å². The number of nitrogens with zero attached hydrogens (tertiary/aromatic N) is 3. The highest BCUT2D eigenvalue weighted by Crippen LogP contribution is 2.38. The number of aromatic nitrogens is 2. The van der Waals surface area contributed by atoms with Crippen LogP contribution in [0.1, 0.15) is 11.3 Å². The van der Waals surface area contributed by atoms with Gasteiger partial charge in [-0.3, -0.25) is 4.90 Å². The first-order chi connectivity index (χ1) is 13.7. The average molecular weight is 424 g/mol. The zero-order valence-electron chi connectivity index (χ0n) is 14.7. The maximum absolute atomic E-state index is 12.9. The molecule has 4 rings (SSSR count). The fourth-order valence-corrected chi connectivity index (χ4v) is 3.40. The molecule has 1 aliphatic heterocycles. The number of alkyl halides is 3. The number of rotatable bonds is 3. The lowest BCUT2D eigenvalue weighted by molar-refractivity contribution is -0.274. The molecule has 0 saturated carbocycles. The van der Waals surface area contributed by atoms with E-state index in [1.807, 2.05) is 0 Å². The summed E-state index contributed by atoms with van der Waals surface area (Å²) >= 11 is 5.96. The number of carboxylic acid groups (broad SMARTS) is 1. The molecule has 0 fully saturated rings. The van der Waals surface area contributed by atoms with Crippen LogP contribution in [0, 0.1) is 0 Å². The lowest BCUT2D eigenvalue weighted by atomic mass is 10.1. The van der Waals surface area contributed by atoms with E-state index < -0.39 is 18.2 Å². The largest absolute Gasteiger partial charge is 0.573 e. The normalized spacial score (nSPS) is 13.4. The van der Waals surface area contributed by atoms with Crippen LogP contribution in [0.25, 0.3) is 16.9 Å². The first-order valence-electron chi connectivity index (χ1n) is 8.42. The highest BCUT2D eigenvalue weighted by molar-refractivity contribution is 6.30. The number of para-hydroxylation sites is 2. The van der Waals surface area contributed by atoms with E-state index in [9.17, 15) is 23.1 Å². The predicted molar refractivity (Wildman–Crippen MR) is 98.0 cm³/mol. The van der Waals surface area contributed by atoms with Crippen LogP contribution in [0.4, 0.5) is 18.0 Å². The van der Waals surface area contributed by atoms with E-state index in [-0.39, 0.29) is 18.8 Å². The van der Waals surface area contributed by atoms with Gasteiger partial charge in [-0.15, -0.1) is 13.2 Å². The van der Waals surface area contributed by atoms with Crippen molar-refractivity contribution in [1.29, 1.82) is 0 Å². The van der Waals surface area contributed by atoms with Gasteiger partial charge in [0.05, 0.1) is 24.5 Å². The fourth-order valence-electron chi connectivity index (χ4n) is 3.27. The Bertz CT molecular complexity index is 1080. The molecule has 0 bridgehead atoms. The minimum Gasteiger partial charge on any atom is -0.465 e. The number of ether oxygens (including phenoxy) is 1. The zero-order chi connectivity index (χ0) is 20.8. The van der Waals surface area contributed by atoms with E-state index in [4.69, 9.17) is 11.6 Å². The summed E-state index contributed by atoms with van der Waals surface area (Å²) in [4.78, 5) is 12.5. The fraction of sp³-hybridized carbons (Fsp3) is 0.158. The molecule has 0 spiro atoms. The molecule has 0 unspecified atom stereocenters. The maximum Gasteiger partial charge on any atom is 0.573 e. The minimum atomic E-state index is -4.87. The lowest BCUT2D eigenvalue weighted by Gasteiger charge is -2.17. The summed E-state index contributed by atoms with van der Waals surface area (Å²) in [7, 11) is 0. The number of amides is 1. The minimum absolute atomic E-state index is 0.0422. The van der Waals surface area contributed by atoms with Crippen molar-refractivity contribution in [2.24, 2.45) is 0 Å². The summed E-state index contributed by atoms with van der Waals surface area (Å²) < 4.78 is 44.1. The monoisotopic (exact) mass is 423 g/mol. The molecule has 2 aromatic carbocycles. The summed E-state index contributed by atoms with van der Waals surface area (Å²) in [6.45, 7) is 0.117. The van der Waals surface area contributed by atoms with Gasteiger partial charge in [-0.05, 0) is 24.3 Å². The molecule has 1 amide bonds. The van der Waals surface area contributed by atoms with Gasteiger partial charge >= 0.3 is 12.5 Å². The van der Waals surface area contributed by atoms with E-state index in [1.54, 1.807) is 30.3 Å². The molecule has 1 aliphatic rings. The van der Waals surface area contributed by atoms with Crippen LogP contribution >= 0.6 is 11.6 Å². The van der Waals surface area contributed by atoms with Crippen LogP contribution in [-0.4, -0.2) is 32.2 Å². The molecule has 0 saturated heterocycles. The van der Waals surface area contributed by atoms with Crippen molar-refractivity contribution in [2.45, 2.75) is 19.5 Å². The molecular weight excluding hydrogens is 411 g/mol. The zero-order valence-corrected chi connectivity index (χ0v) is 15.4. The second-order valence-corrected chi connectivity index (χ2v) is 6.78. The summed E-state index contributed by atoms with van der Waals surface area (Å²) in [5.74, 6) is -0.411. The lowest BCUT2D eigenvalue weighted by Crippen LogP contribution is -2.24. The number of hydrogen-bond donors (Lipinski definition) is 1. The first-order valence-corrected chi connectivity index (χ1v) is 8.80. The van der Waals surface area contributed by atoms with Gasteiger partial charge < -0.3 is 9.84 Å². The van der Waals surface area contributed by atoms with Gasteiger partial charge in [-0.1, -0.05) is 35.9 Å². The Labute approximate surface area is 167 Å². The molecule has 6 nitrogen and oxygen atoms in total. The number of benzene rings is 2.